The van der Waals surface area contributed by atoms with E-state index in [1.807, 2.05) is 24.4 Å². The van der Waals surface area contributed by atoms with E-state index in [0.717, 1.165) is 23.6 Å². The molecule has 0 bridgehead atoms. The molecule has 21 heavy (non-hydrogen) atoms. The molecule has 1 saturated carbocycles. The first-order chi connectivity index (χ1) is 10.2. The molecule has 1 aromatic carbocycles. The minimum absolute atomic E-state index is 0.499. The number of nitrogens with zero attached hydrogens (tertiary/aromatic N) is 1. The molecule has 1 aliphatic carbocycles. The maximum absolute atomic E-state index is 6.05. The van der Waals surface area contributed by atoms with E-state index >= 15 is 0 Å². The lowest BCUT2D eigenvalue weighted by atomic mass is 10.0. The highest BCUT2D eigenvalue weighted by Gasteiger charge is 2.20. The highest BCUT2D eigenvalue weighted by Crippen LogP contribution is 2.28. The van der Waals surface area contributed by atoms with E-state index in [1.165, 1.54) is 18.4 Å². The van der Waals surface area contributed by atoms with Gasteiger partial charge in [0.1, 0.15) is 11.5 Å². The van der Waals surface area contributed by atoms with Crippen LogP contribution in [-0.4, -0.2) is 11.0 Å². The fourth-order valence-corrected chi connectivity index (χ4v) is 2.25. The van der Waals surface area contributed by atoms with Crippen molar-refractivity contribution in [2.24, 2.45) is 0 Å². The average molecular weight is 282 g/mol. The summed E-state index contributed by atoms with van der Waals surface area (Å²) in [5.41, 5.74) is 2.45. The van der Waals surface area contributed by atoms with Crippen molar-refractivity contribution in [2.75, 3.05) is 0 Å². The largest absolute Gasteiger partial charge is 0.455 e. The molecule has 3 nitrogen and oxygen atoms in total. The molecule has 1 N–H and O–H groups in total. The summed E-state index contributed by atoms with van der Waals surface area (Å²) in [6.45, 7) is 5.22. The second-order valence-corrected chi connectivity index (χ2v) is 5.97. The van der Waals surface area contributed by atoms with E-state index in [9.17, 15) is 0 Å². The fourth-order valence-electron chi connectivity index (χ4n) is 2.25. The maximum Gasteiger partial charge on any atom is 0.150 e. The van der Waals surface area contributed by atoms with Crippen LogP contribution < -0.4 is 10.1 Å². The quantitative estimate of drug-likeness (QED) is 0.860. The second kappa shape index (κ2) is 6.27. The fraction of sp³-hybridized carbons (Fsp3) is 0.389. The number of hydrogen-bond acceptors (Lipinski definition) is 3. The topological polar surface area (TPSA) is 34.1 Å². The Kier molecular flexibility index (Phi) is 4.20. The van der Waals surface area contributed by atoms with Crippen molar-refractivity contribution >= 4 is 0 Å². The highest BCUT2D eigenvalue weighted by molar-refractivity contribution is 5.37. The number of nitrogens with one attached hydrogen (secondary N) is 1. The van der Waals surface area contributed by atoms with Crippen LogP contribution in [0.4, 0.5) is 0 Å². The first-order valence-corrected chi connectivity index (χ1v) is 7.66. The molecule has 0 radical (unpaired) electrons. The van der Waals surface area contributed by atoms with Crippen molar-refractivity contribution in [3.05, 3.63) is 53.9 Å². The predicted molar refractivity (Wildman–Crippen MR) is 84.7 cm³/mol. The van der Waals surface area contributed by atoms with E-state index in [-0.39, 0.29) is 0 Å². The second-order valence-electron chi connectivity index (χ2n) is 5.97. The van der Waals surface area contributed by atoms with Crippen LogP contribution in [0.25, 0.3) is 0 Å². The summed E-state index contributed by atoms with van der Waals surface area (Å²) < 4.78 is 6.05. The maximum atomic E-state index is 6.05. The summed E-state index contributed by atoms with van der Waals surface area (Å²) in [5, 5.41) is 3.52. The SMILES string of the molecule is CC(C)c1cccc(Oc2cnccc2CNC2CC2)c1. The summed E-state index contributed by atoms with van der Waals surface area (Å²) in [7, 11) is 0. The van der Waals surface area contributed by atoms with Gasteiger partial charge in [-0.1, -0.05) is 26.0 Å². The zero-order valence-electron chi connectivity index (χ0n) is 12.7. The van der Waals surface area contributed by atoms with Crippen LogP contribution in [0.1, 0.15) is 43.7 Å². The Morgan fingerprint density at radius 3 is 2.90 bits per heavy atom. The van der Waals surface area contributed by atoms with Crippen molar-refractivity contribution < 1.29 is 4.74 Å². The molecule has 2 aromatic rings. The van der Waals surface area contributed by atoms with Crippen LogP contribution in [0.2, 0.25) is 0 Å². The molecule has 1 aliphatic rings. The van der Waals surface area contributed by atoms with E-state index in [1.54, 1.807) is 6.20 Å². The van der Waals surface area contributed by atoms with Crippen LogP contribution in [0.15, 0.2) is 42.7 Å². The monoisotopic (exact) mass is 282 g/mol. The van der Waals surface area contributed by atoms with E-state index in [2.05, 4.69) is 36.3 Å². The summed E-state index contributed by atoms with van der Waals surface area (Å²) in [5.74, 6) is 2.21. The molecule has 0 atom stereocenters. The van der Waals surface area contributed by atoms with Crippen LogP contribution >= 0.6 is 0 Å². The zero-order chi connectivity index (χ0) is 14.7. The Labute approximate surface area is 126 Å². The van der Waals surface area contributed by atoms with Gasteiger partial charge in [-0.05, 0) is 42.5 Å². The van der Waals surface area contributed by atoms with Crippen molar-refractivity contribution in [3.63, 3.8) is 0 Å². The van der Waals surface area contributed by atoms with Gasteiger partial charge in [0, 0.05) is 24.3 Å². The Bertz CT molecular complexity index is 606. The molecule has 0 spiro atoms. The Morgan fingerprint density at radius 2 is 2.14 bits per heavy atom. The van der Waals surface area contributed by atoms with Gasteiger partial charge in [-0.25, -0.2) is 0 Å². The van der Waals surface area contributed by atoms with Gasteiger partial charge in [0.15, 0.2) is 0 Å². The Hall–Kier alpha value is -1.87. The minimum Gasteiger partial charge on any atom is -0.455 e. The van der Waals surface area contributed by atoms with Crippen LogP contribution in [0.5, 0.6) is 11.5 Å². The van der Waals surface area contributed by atoms with E-state index < -0.39 is 0 Å². The molecule has 0 aliphatic heterocycles. The molecule has 110 valence electrons. The Morgan fingerprint density at radius 1 is 1.29 bits per heavy atom. The lowest BCUT2D eigenvalue weighted by molar-refractivity contribution is 0.469. The molecular weight excluding hydrogens is 260 g/mol. The van der Waals surface area contributed by atoms with E-state index in [4.69, 9.17) is 4.74 Å². The highest BCUT2D eigenvalue weighted by atomic mass is 16.5. The van der Waals surface area contributed by atoms with Gasteiger partial charge in [-0.3, -0.25) is 4.98 Å². The molecule has 1 fully saturated rings. The normalized spacial score (nSPS) is 14.4. The minimum atomic E-state index is 0.499. The van der Waals surface area contributed by atoms with Gasteiger partial charge in [-0.2, -0.15) is 0 Å². The number of ether oxygens (including phenoxy) is 1. The van der Waals surface area contributed by atoms with Gasteiger partial charge in [-0.15, -0.1) is 0 Å². The first kappa shape index (κ1) is 14.1. The number of benzene rings is 1. The summed E-state index contributed by atoms with van der Waals surface area (Å²) in [6, 6.07) is 11.0. The number of pyridine rings is 1. The molecule has 0 unspecified atom stereocenters. The smallest absolute Gasteiger partial charge is 0.150 e. The van der Waals surface area contributed by atoms with Crippen LogP contribution in [-0.2, 0) is 6.54 Å². The number of rotatable bonds is 6. The number of hydrogen-bond donors (Lipinski definition) is 1. The third kappa shape index (κ3) is 3.82. The molecular formula is C18H22N2O. The summed E-state index contributed by atoms with van der Waals surface area (Å²) >= 11 is 0. The average Bonchev–Trinajstić information content (AvgIpc) is 3.31. The zero-order valence-corrected chi connectivity index (χ0v) is 12.7. The van der Waals surface area contributed by atoms with Gasteiger partial charge < -0.3 is 10.1 Å². The molecule has 0 saturated heterocycles. The first-order valence-electron chi connectivity index (χ1n) is 7.66. The summed E-state index contributed by atoms with van der Waals surface area (Å²) in [4.78, 5) is 4.19. The molecule has 3 heteroatoms. The predicted octanol–water partition coefficient (Wildman–Crippen LogP) is 4.25. The lowest BCUT2D eigenvalue weighted by Crippen LogP contribution is -2.15. The molecule has 1 heterocycles. The molecule has 0 amide bonds. The van der Waals surface area contributed by atoms with Gasteiger partial charge in [0.05, 0.1) is 6.20 Å². The van der Waals surface area contributed by atoms with Crippen molar-refractivity contribution in [1.82, 2.24) is 10.3 Å². The van der Waals surface area contributed by atoms with Gasteiger partial charge in [0.25, 0.3) is 0 Å². The third-order valence-electron chi connectivity index (χ3n) is 3.78. The van der Waals surface area contributed by atoms with Crippen molar-refractivity contribution in [2.45, 2.75) is 45.2 Å². The van der Waals surface area contributed by atoms with Gasteiger partial charge in [0.2, 0.25) is 0 Å². The molecule has 3 rings (SSSR count). The third-order valence-corrected chi connectivity index (χ3v) is 3.78. The molecule has 1 aromatic heterocycles. The van der Waals surface area contributed by atoms with Crippen LogP contribution in [0.3, 0.4) is 0 Å². The standard InChI is InChI=1S/C18H22N2O/c1-13(2)14-4-3-5-17(10-14)21-18-12-19-9-8-15(18)11-20-16-6-7-16/h3-5,8-10,12-13,16,20H,6-7,11H2,1-2H3. The van der Waals surface area contributed by atoms with Crippen LogP contribution in [0, 0.1) is 0 Å². The summed E-state index contributed by atoms with van der Waals surface area (Å²) in [6.07, 6.45) is 6.20. The van der Waals surface area contributed by atoms with Gasteiger partial charge >= 0.3 is 0 Å². The lowest BCUT2D eigenvalue weighted by Gasteiger charge is -2.13. The number of aromatic nitrogens is 1. The van der Waals surface area contributed by atoms with Crippen molar-refractivity contribution in [3.8, 4) is 11.5 Å². The Balaban J connectivity index is 1.75. The van der Waals surface area contributed by atoms with Crippen molar-refractivity contribution in [1.29, 1.82) is 0 Å². The van der Waals surface area contributed by atoms with E-state index in [0.29, 0.717) is 12.0 Å².